The van der Waals surface area contributed by atoms with Gasteiger partial charge in [0.25, 0.3) is 0 Å². The Morgan fingerprint density at radius 3 is 3.00 bits per heavy atom. The molecule has 4 unspecified atom stereocenters. The molecule has 0 aromatic carbocycles. The Labute approximate surface area is 120 Å². The van der Waals surface area contributed by atoms with Crippen LogP contribution in [0.3, 0.4) is 0 Å². The Balaban J connectivity index is 1.80. The van der Waals surface area contributed by atoms with Crippen molar-refractivity contribution in [3.8, 4) is 0 Å². The van der Waals surface area contributed by atoms with E-state index in [0.717, 1.165) is 19.3 Å². The van der Waals surface area contributed by atoms with Crippen LogP contribution in [0.2, 0.25) is 0 Å². The summed E-state index contributed by atoms with van der Waals surface area (Å²) in [6.45, 7) is 3.23. The van der Waals surface area contributed by atoms with Gasteiger partial charge in [-0.25, -0.2) is 0 Å². The lowest BCUT2D eigenvalue weighted by Gasteiger charge is -2.48. The highest BCUT2D eigenvalue weighted by Crippen LogP contribution is 2.63. The second kappa shape index (κ2) is 4.41. The highest BCUT2D eigenvalue weighted by atomic mass is 16.7. The molecule has 1 saturated heterocycles. The molecule has 1 aliphatic heterocycles. The zero-order valence-corrected chi connectivity index (χ0v) is 12.3. The number of carbonyl (C=O) groups excluding carboxylic acids is 1. The molecule has 3 heteroatoms. The Hall–Kier alpha value is -0.670. The van der Waals surface area contributed by atoms with Gasteiger partial charge in [0.1, 0.15) is 12.6 Å². The summed E-state index contributed by atoms with van der Waals surface area (Å²) in [6.07, 6.45) is 9.92. The molecule has 0 amide bonds. The number of ketones is 1. The third kappa shape index (κ3) is 1.69. The van der Waals surface area contributed by atoms with Crippen molar-refractivity contribution in [3.63, 3.8) is 0 Å². The molecule has 0 N–H and O–H groups in total. The molecule has 0 aromatic heterocycles. The van der Waals surface area contributed by atoms with Gasteiger partial charge >= 0.3 is 0 Å². The SMILES string of the molecule is CC1=CCC23CCCC(C(=O)C1)C2C1(CC3)COCO1. The standard InChI is InChI=1S/C17H24O3/c1-12-4-6-16-5-2-3-13(14(18)9-12)15(16)17(8-7-16)10-19-11-20-17/h4,13,15H,2-3,5-11H2,1H3. The molecule has 4 atom stereocenters. The number of carbonyl (C=O) groups is 1. The van der Waals surface area contributed by atoms with Crippen LogP contribution in [0.5, 0.6) is 0 Å². The van der Waals surface area contributed by atoms with E-state index in [2.05, 4.69) is 13.0 Å². The number of hydrogen-bond donors (Lipinski definition) is 0. The average Bonchev–Trinajstić information content (AvgIpc) is 3.03. The zero-order chi connectivity index (χ0) is 13.8. The van der Waals surface area contributed by atoms with Gasteiger partial charge < -0.3 is 9.47 Å². The summed E-state index contributed by atoms with van der Waals surface area (Å²) in [5.74, 6) is 1.05. The molecule has 0 radical (unpaired) electrons. The van der Waals surface area contributed by atoms with Crippen LogP contribution in [0.15, 0.2) is 11.6 Å². The fraction of sp³-hybridized carbons (Fsp3) is 0.824. The second-order valence-electron chi connectivity index (χ2n) is 7.41. The largest absolute Gasteiger partial charge is 0.352 e. The maximum Gasteiger partial charge on any atom is 0.147 e. The predicted octanol–water partition coefficient (Wildman–Crippen LogP) is 3.24. The van der Waals surface area contributed by atoms with Gasteiger partial charge in [0.2, 0.25) is 0 Å². The molecule has 3 fully saturated rings. The molecule has 3 aliphatic carbocycles. The van der Waals surface area contributed by atoms with E-state index in [1.165, 1.54) is 24.8 Å². The van der Waals surface area contributed by atoms with Gasteiger partial charge in [-0.1, -0.05) is 18.1 Å². The predicted molar refractivity (Wildman–Crippen MR) is 75.1 cm³/mol. The molecule has 110 valence electrons. The fourth-order valence-corrected chi connectivity index (χ4v) is 5.52. The van der Waals surface area contributed by atoms with Crippen LogP contribution in [-0.4, -0.2) is 24.8 Å². The van der Waals surface area contributed by atoms with E-state index in [1.807, 2.05) is 0 Å². The van der Waals surface area contributed by atoms with E-state index < -0.39 is 0 Å². The molecular formula is C17H24O3. The van der Waals surface area contributed by atoms with Crippen molar-refractivity contribution in [1.82, 2.24) is 0 Å². The number of Topliss-reactive ketones (excluding diaryl/α,β-unsaturated/α-hetero) is 1. The fourth-order valence-electron chi connectivity index (χ4n) is 5.52. The first kappa shape index (κ1) is 13.0. The zero-order valence-electron chi connectivity index (χ0n) is 12.3. The Morgan fingerprint density at radius 2 is 2.20 bits per heavy atom. The summed E-state index contributed by atoms with van der Waals surface area (Å²) in [5, 5.41) is 0. The quantitative estimate of drug-likeness (QED) is 0.637. The summed E-state index contributed by atoms with van der Waals surface area (Å²) in [5.41, 5.74) is 1.41. The van der Waals surface area contributed by atoms with Crippen molar-refractivity contribution in [1.29, 1.82) is 0 Å². The molecule has 2 bridgehead atoms. The van der Waals surface area contributed by atoms with Gasteiger partial charge in [0.05, 0.1) is 12.2 Å². The normalized spacial score (nSPS) is 47.9. The van der Waals surface area contributed by atoms with Crippen LogP contribution in [0.25, 0.3) is 0 Å². The first-order chi connectivity index (χ1) is 9.65. The van der Waals surface area contributed by atoms with Crippen molar-refractivity contribution in [2.75, 3.05) is 13.4 Å². The monoisotopic (exact) mass is 276 g/mol. The van der Waals surface area contributed by atoms with Gasteiger partial charge in [-0.3, -0.25) is 4.79 Å². The number of hydrogen-bond acceptors (Lipinski definition) is 3. The van der Waals surface area contributed by atoms with E-state index in [1.54, 1.807) is 0 Å². The van der Waals surface area contributed by atoms with Gasteiger partial charge in [-0.05, 0) is 44.4 Å². The van der Waals surface area contributed by atoms with Crippen LogP contribution < -0.4 is 0 Å². The molecule has 2 saturated carbocycles. The first-order valence-electron chi connectivity index (χ1n) is 8.05. The molecule has 4 rings (SSSR count). The third-order valence-corrected chi connectivity index (χ3v) is 6.36. The Morgan fingerprint density at radius 1 is 1.30 bits per heavy atom. The van der Waals surface area contributed by atoms with Crippen molar-refractivity contribution in [2.24, 2.45) is 17.3 Å². The number of rotatable bonds is 0. The van der Waals surface area contributed by atoms with E-state index in [4.69, 9.17) is 9.47 Å². The minimum atomic E-state index is -0.153. The average molecular weight is 276 g/mol. The van der Waals surface area contributed by atoms with Gasteiger partial charge in [-0.15, -0.1) is 0 Å². The first-order valence-corrected chi connectivity index (χ1v) is 8.05. The topological polar surface area (TPSA) is 35.5 Å². The van der Waals surface area contributed by atoms with Crippen molar-refractivity contribution in [3.05, 3.63) is 11.6 Å². The highest BCUT2D eigenvalue weighted by molar-refractivity contribution is 5.84. The van der Waals surface area contributed by atoms with Crippen LogP contribution in [0.4, 0.5) is 0 Å². The summed E-state index contributed by atoms with van der Waals surface area (Å²) < 4.78 is 11.7. The summed E-state index contributed by atoms with van der Waals surface area (Å²) in [4.78, 5) is 12.7. The van der Waals surface area contributed by atoms with Crippen molar-refractivity contribution < 1.29 is 14.3 Å². The van der Waals surface area contributed by atoms with Gasteiger partial charge in [0.15, 0.2) is 0 Å². The molecule has 20 heavy (non-hydrogen) atoms. The van der Waals surface area contributed by atoms with Crippen LogP contribution >= 0.6 is 0 Å². The maximum atomic E-state index is 12.7. The minimum absolute atomic E-state index is 0.153. The van der Waals surface area contributed by atoms with Crippen molar-refractivity contribution >= 4 is 5.78 Å². The molecule has 1 spiro atoms. The number of allylic oxidation sites excluding steroid dienone is 2. The molecular weight excluding hydrogens is 252 g/mol. The smallest absolute Gasteiger partial charge is 0.147 e. The van der Waals surface area contributed by atoms with Crippen LogP contribution in [0.1, 0.15) is 51.9 Å². The molecule has 0 aromatic rings. The van der Waals surface area contributed by atoms with Crippen molar-refractivity contribution in [2.45, 2.75) is 57.5 Å². The van der Waals surface area contributed by atoms with E-state index in [-0.39, 0.29) is 11.5 Å². The summed E-state index contributed by atoms with van der Waals surface area (Å²) in [7, 11) is 0. The number of ether oxygens (including phenoxy) is 2. The summed E-state index contributed by atoms with van der Waals surface area (Å²) in [6, 6.07) is 0. The second-order valence-corrected chi connectivity index (χ2v) is 7.41. The van der Waals surface area contributed by atoms with E-state index in [0.29, 0.717) is 36.9 Å². The lowest BCUT2D eigenvalue weighted by atomic mass is 9.57. The molecule has 3 nitrogen and oxygen atoms in total. The Kier molecular flexibility index (Phi) is 2.87. The molecule has 4 aliphatic rings. The molecule has 1 heterocycles. The van der Waals surface area contributed by atoms with Crippen LogP contribution in [-0.2, 0) is 14.3 Å². The summed E-state index contributed by atoms with van der Waals surface area (Å²) >= 11 is 0. The third-order valence-electron chi connectivity index (χ3n) is 6.36. The van der Waals surface area contributed by atoms with Gasteiger partial charge in [0, 0.05) is 18.3 Å². The van der Waals surface area contributed by atoms with E-state index in [9.17, 15) is 4.79 Å². The van der Waals surface area contributed by atoms with Gasteiger partial charge in [-0.2, -0.15) is 0 Å². The maximum absolute atomic E-state index is 12.7. The lowest BCUT2D eigenvalue weighted by Crippen LogP contribution is -2.51. The van der Waals surface area contributed by atoms with E-state index >= 15 is 0 Å². The minimum Gasteiger partial charge on any atom is -0.352 e. The Bertz CT molecular complexity index is 461. The highest BCUT2D eigenvalue weighted by Gasteiger charge is 2.63. The lowest BCUT2D eigenvalue weighted by molar-refractivity contribution is -0.137. The van der Waals surface area contributed by atoms with Crippen LogP contribution in [0, 0.1) is 17.3 Å².